The third kappa shape index (κ3) is 32.7. The van der Waals surface area contributed by atoms with E-state index in [2.05, 4.69) is 19.2 Å². The molecule has 7 heteroatoms. The zero-order valence-electron chi connectivity index (χ0n) is 29.3. The van der Waals surface area contributed by atoms with Gasteiger partial charge >= 0.3 is 0 Å². The van der Waals surface area contributed by atoms with Crippen LogP contribution >= 0.6 is 0 Å². The Morgan fingerprint density at radius 1 is 0.523 bits per heavy atom. The van der Waals surface area contributed by atoms with Gasteiger partial charge in [-0.25, -0.2) is 0 Å². The third-order valence-electron chi connectivity index (χ3n) is 9.06. The molecule has 3 N–H and O–H groups in total. The van der Waals surface area contributed by atoms with Gasteiger partial charge in [0.05, 0.1) is 17.9 Å². The number of aliphatic hydroxyl groups excluding tert-OH is 1. The Hall–Kier alpha value is -0.660. The van der Waals surface area contributed by atoms with Crippen molar-refractivity contribution < 1.29 is 22.9 Å². The number of rotatable bonds is 35. The maximum absolute atomic E-state index is 12.5. The SMILES string of the molecule is CCCCCCCCCCCCCCCCCCC(O)C(CS(=O)(=O)O)NC(=O)CCCCCCCCCCCCCCC. The Bertz CT molecular complexity index is 715. The smallest absolute Gasteiger partial charge is 0.266 e. The molecule has 0 aromatic rings. The molecule has 6 nitrogen and oxygen atoms in total. The summed E-state index contributed by atoms with van der Waals surface area (Å²) in [7, 11) is -4.30. The van der Waals surface area contributed by atoms with Crippen LogP contribution in [-0.2, 0) is 14.9 Å². The van der Waals surface area contributed by atoms with E-state index in [9.17, 15) is 22.9 Å². The van der Waals surface area contributed by atoms with Gasteiger partial charge in [-0.15, -0.1) is 0 Å². The minimum absolute atomic E-state index is 0.243. The second-order valence-corrected chi connectivity index (χ2v) is 15.1. The average molecular weight is 646 g/mol. The Morgan fingerprint density at radius 2 is 0.818 bits per heavy atom. The highest BCUT2D eigenvalue weighted by Crippen LogP contribution is 2.16. The van der Waals surface area contributed by atoms with E-state index in [1.165, 1.54) is 148 Å². The van der Waals surface area contributed by atoms with Gasteiger partial charge in [-0.2, -0.15) is 8.42 Å². The lowest BCUT2D eigenvalue weighted by Gasteiger charge is -2.23. The van der Waals surface area contributed by atoms with Crippen molar-refractivity contribution in [1.29, 1.82) is 0 Å². The van der Waals surface area contributed by atoms with Crippen molar-refractivity contribution in [1.82, 2.24) is 5.32 Å². The second kappa shape index (κ2) is 32.3. The van der Waals surface area contributed by atoms with Crippen molar-refractivity contribution in [2.45, 2.75) is 225 Å². The molecule has 0 aliphatic rings. The Balaban J connectivity index is 3.86. The summed E-state index contributed by atoms with van der Waals surface area (Å²) < 4.78 is 32.4. The predicted molar refractivity (Wildman–Crippen MR) is 189 cm³/mol. The highest BCUT2D eigenvalue weighted by molar-refractivity contribution is 7.85. The molecule has 0 bridgehead atoms. The molecule has 0 saturated heterocycles. The van der Waals surface area contributed by atoms with Crippen molar-refractivity contribution in [2.75, 3.05) is 5.75 Å². The van der Waals surface area contributed by atoms with Crippen LogP contribution in [0.25, 0.3) is 0 Å². The summed E-state index contributed by atoms with van der Waals surface area (Å²) in [6.07, 6.45) is 36.2. The molecule has 0 rings (SSSR count). The van der Waals surface area contributed by atoms with Crippen molar-refractivity contribution >= 4 is 16.0 Å². The standard InChI is InChI=1S/C37H75NO5S/c1-3-5-7-9-11-13-15-17-18-19-21-22-24-26-28-30-32-36(39)35(34-44(41,42)43)38-37(40)33-31-29-27-25-23-20-16-14-12-10-8-6-4-2/h35-36,39H,3-34H2,1-2H3,(H,38,40)(H,41,42,43). The lowest BCUT2D eigenvalue weighted by Crippen LogP contribution is -2.47. The van der Waals surface area contributed by atoms with Crippen molar-refractivity contribution in [3.05, 3.63) is 0 Å². The maximum atomic E-state index is 12.5. The van der Waals surface area contributed by atoms with Gasteiger partial charge in [0, 0.05) is 6.42 Å². The minimum Gasteiger partial charge on any atom is -0.391 e. The first-order valence-corrected chi connectivity index (χ1v) is 20.8. The third-order valence-corrected chi connectivity index (χ3v) is 9.84. The normalized spacial score (nSPS) is 13.3. The number of carbonyl (C=O) groups is 1. The maximum Gasteiger partial charge on any atom is 0.266 e. The van der Waals surface area contributed by atoms with Crippen LogP contribution in [0.5, 0.6) is 0 Å². The molecule has 2 atom stereocenters. The molecule has 264 valence electrons. The van der Waals surface area contributed by atoms with Crippen LogP contribution in [0.3, 0.4) is 0 Å². The van der Waals surface area contributed by atoms with Crippen LogP contribution in [-0.4, -0.2) is 41.9 Å². The van der Waals surface area contributed by atoms with E-state index in [0.717, 1.165) is 38.5 Å². The highest BCUT2D eigenvalue weighted by Gasteiger charge is 2.26. The molecular weight excluding hydrogens is 570 g/mol. The van der Waals surface area contributed by atoms with Gasteiger partial charge in [-0.3, -0.25) is 9.35 Å². The van der Waals surface area contributed by atoms with Gasteiger partial charge in [-0.05, 0) is 12.8 Å². The zero-order chi connectivity index (χ0) is 32.6. The fourth-order valence-corrected chi connectivity index (χ4v) is 6.92. The van der Waals surface area contributed by atoms with Crippen LogP contribution in [0, 0.1) is 0 Å². The summed E-state index contributed by atoms with van der Waals surface area (Å²) in [5.41, 5.74) is 0. The van der Waals surface area contributed by atoms with E-state index in [1.54, 1.807) is 0 Å². The van der Waals surface area contributed by atoms with Gasteiger partial charge in [0.15, 0.2) is 0 Å². The number of nitrogens with one attached hydrogen (secondary N) is 1. The van der Waals surface area contributed by atoms with E-state index >= 15 is 0 Å². The predicted octanol–water partition coefficient (Wildman–Crippen LogP) is 10.9. The van der Waals surface area contributed by atoms with Gasteiger partial charge in [-0.1, -0.05) is 194 Å². The lowest BCUT2D eigenvalue weighted by molar-refractivity contribution is -0.122. The Morgan fingerprint density at radius 3 is 1.14 bits per heavy atom. The lowest BCUT2D eigenvalue weighted by atomic mass is 10.0. The minimum atomic E-state index is -4.30. The number of aliphatic hydroxyl groups is 1. The van der Waals surface area contributed by atoms with Gasteiger partial charge in [0.25, 0.3) is 10.1 Å². The summed E-state index contributed by atoms with van der Waals surface area (Å²) in [6, 6.07) is -0.962. The van der Waals surface area contributed by atoms with Crippen molar-refractivity contribution in [3.63, 3.8) is 0 Å². The van der Waals surface area contributed by atoms with E-state index < -0.39 is 28.0 Å². The number of unbranched alkanes of at least 4 members (excludes halogenated alkanes) is 27. The Labute approximate surface area is 274 Å². The number of carbonyl (C=O) groups excluding carboxylic acids is 1. The van der Waals surface area contributed by atoms with Crippen LogP contribution in [0.15, 0.2) is 0 Å². The molecule has 0 aliphatic carbocycles. The number of amides is 1. The van der Waals surface area contributed by atoms with E-state index in [4.69, 9.17) is 0 Å². The van der Waals surface area contributed by atoms with Crippen molar-refractivity contribution in [3.8, 4) is 0 Å². The summed E-state index contributed by atoms with van der Waals surface area (Å²) in [4.78, 5) is 12.5. The molecule has 0 aliphatic heterocycles. The summed E-state index contributed by atoms with van der Waals surface area (Å²) >= 11 is 0. The monoisotopic (exact) mass is 646 g/mol. The molecule has 0 saturated carbocycles. The first-order chi connectivity index (χ1) is 21.3. The molecule has 2 unspecified atom stereocenters. The largest absolute Gasteiger partial charge is 0.391 e. The molecule has 1 amide bonds. The molecule has 44 heavy (non-hydrogen) atoms. The van der Waals surface area contributed by atoms with Crippen LogP contribution in [0.4, 0.5) is 0 Å². The van der Waals surface area contributed by atoms with Crippen LogP contribution in [0.1, 0.15) is 213 Å². The number of hydrogen-bond donors (Lipinski definition) is 3. The summed E-state index contributed by atoms with van der Waals surface area (Å²) in [6.45, 7) is 4.52. The summed E-state index contributed by atoms with van der Waals surface area (Å²) in [5.74, 6) is -0.884. The highest BCUT2D eigenvalue weighted by atomic mass is 32.2. The van der Waals surface area contributed by atoms with E-state index in [-0.39, 0.29) is 5.91 Å². The quantitative estimate of drug-likeness (QED) is 0.0470. The van der Waals surface area contributed by atoms with E-state index in [1.807, 2.05) is 0 Å². The van der Waals surface area contributed by atoms with Gasteiger partial charge < -0.3 is 10.4 Å². The molecular formula is C37H75NO5S. The molecule has 0 radical (unpaired) electrons. The van der Waals surface area contributed by atoms with Crippen molar-refractivity contribution in [2.24, 2.45) is 0 Å². The first-order valence-electron chi connectivity index (χ1n) is 19.2. The van der Waals surface area contributed by atoms with Crippen LogP contribution < -0.4 is 5.32 Å². The first kappa shape index (κ1) is 43.3. The average Bonchev–Trinajstić information content (AvgIpc) is 2.98. The molecule has 0 aromatic carbocycles. The molecule has 0 fully saturated rings. The molecule has 0 heterocycles. The van der Waals surface area contributed by atoms with E-state index in [0.29, 0.717) is 12.8 Å². The van der Waals surface area contributed by atoms with Gasteiger partial charge in [0.1, 0.15) is 0 Å². The summed E-state index contributed by atoms with van der Waals surface area (Å²) in [5, 5.41) is 13.3. The molecule has 0 aromatic heterocycles. The topological polar surface area (TPSA) is 104 Å². The fourth-order valence-electron chi connectivity index (χ4n) is 6.16. The number of hydrogen-bond acceptors (Lipinski definition) is 4. The second-order valence-electron chi connectivity index (χ2n) is 13.6. The Kier molecular flexibility index (Phi) is 31.8. The van der Waals surface area contributed by atoms with Gasteiger partial charge in [0.2, 0.25) is 5.91 Å². The molecule has 0 spiro atoms. The fraction of sp³-hybridized carbons (Fsp3) is 0.973. The van der Waals surface area contributed by atoms with Crippen LogP contribution in [0.2, 0.25) is 0 Å². The zero-order valence-corrected chi connectivity index (χ0v) is 30.1.